The molecule has 0 aromatic carbocycles. The van der Waals surface area contributed by atoms with Crippen LogP contribution in [0.3, 0.4) is 0 Å². The number of aromatic nitrogens is 8. The Morgan fingerprint density at radius 1 is 1.24 bits per heavy atom. The molecule has 1 fully saturated rings. The average molecular weight is 688 g/mol. The Kier molecular flexibility index (Phi) is 8.39. The first-order chi connectivity index (χ1) is 21.4. The van der Waals surface area contributed by atoms with Crippen LogP contribution in [0.2, 0.25) is 0 Å². The number of hydrogen-bond acceptors (Lipinski definition) is 16. The fourth-order valence-corrected chi connectivity index (χ4v) is 6.86. The molecule has 21 nitrogen and oxygen atoms in total. The fraction of sp³-hybridized carbons (Fsp3) is 0.429. The predicted molar refractivity (Wildman–Crippen MR) is 151 cm³/mol. The van der Waals surface area contributed by atoms with Crippen molar-refractivity contribution >= 4 is 56.6 Å². The van der Waals surface area contributed by atoms with E-state index >= 15 is 0 Å². The molecule has 1 aliphatic heterocycles. The van der Waals surface area contributed by atoms with Crippen LogP contribution < -0.4 is 11.3 Å². The molecule has 6 rings (SSSR count). The molecule has 4 aromatic rings. The van der Waals surface area contributed by atoms with Crippen LogP contribution in [0.1, 0.15) is 18.7 Å². The van der Waals surface area contributed by atoms with Crippen LogP contribution in [0, 0.1) is 4.64 Å². The van der Waals surface area contributed by atoms with Gasteiger partial charge in [-0.1, -0.05) is 12.2 Å². The van der Waals surface area contributed by atoms with Gasteiger partial charge in [-0.2, -0.15) is 4.98 Å². The van der Waals surface area contributed by atoms with Gasteiger partial charge in [0, 0.05) is 4.57 Å². The molecule has 8 atom stereocenters. The zero-order chi connectivity index (χ0) is 32.2. The molecular formula is C21H24N9O12P2S+. The molecular weight excluding hydrogens is 664 g/mol. The lowest BCUT2D eigenvalue weighted by atomic mass is 10.1. The number of rotatable bonds is 10. The van der Waals surface area contributed by atoms with Gasteiger partial charge in [0.2, 0.25) is 5.95 Å². The third kappa shape index (κ3) is 5.82. The second-order valence-electron chi connectivity index (χ2n) is 9.90. The zero-order valence-corrected chi connectivity index (χ0v) is 25.1. The molecule has 24 heteroatoms. The number of anilines is 1. The number of imidazole rings is 2. The van der Waals surface area contributed by atoms with E-state index < -0.39 is 77.3 Å². The summed E-state index contributed by atoms with van der Waals surface area (Å²) in [5.74, 6) is -0.799. The van der Waals surface area contributed by atoms with E-state index in [4.69, 9.17) is 36.3 Å². The standard InChI is InChI=1S/C21H23N9O12P2S/c22-21-27-17-10(18(34)28-21)25-5-29(17)8-1-7(2-31)12(32)14(8)42-44(37,38)39-3-9-15(41-43(35)36)13(33)20(40-9)30-6-26-11-16(30)23-4-24-19(11)45/h4-6,8-9,13-15,20,31,33H,1-3H2,(H6-,22,23,24,27,28,32,34,35,36,37,38,45)/p+1. The molecule has 240 valence electrons. The second-order valence-corrected chi connectivity index (χ2v) is 12.4. The summed E-state index contributed by atoms with van der Waals surface area (Å²) in [6, 6.07) is -1.03. The number of ether oxygens (including phenoxy) is 1. The Morgan fingerprint density at radius 3 is 2.71 bits per heavy atom. The molecule has 0 amide bonds. The highest BCUT2D eigenvalue weighted by molar-refractivity contribution is 7.71. The first kappa shape index (κ1) is 31.5. The van der Waals surface area contributed by atoms with Crippen LogP contribution in [0.25, 0.3) is 22.3 Å². The van der Waals surface area contributed by atoms with E-state index in [-0.39, 0.29) is 39.3 Å². The minimum Gasteiger partial charge on any atom is -0.509 e. The predicted octanol–water partition coefficient (Wildman–Crippen LogP) is -0.251. The maximum atomic E-state index is 13.2. The van der Waals surface area contributed by atoms with Crippen molar-refractivity contribution in [1.29, 1.82) is 0 Å². The van der Waals surface area contributed by atoms with Crippen molar-refractivity contribution < 1.29 is 52.5 Å². The molecule has 45 heavy (non-hydrogen) atoms. The minimum absolute atomic E-state index is 0.0174. The number of nitrogens with two attached hydrogens (primary N) is 1. The maximum absolute atomic E-state index is 13.2. The molecule has 0 radical (unpaired) electrons. The van der Waals surface area contributed by atoms with E-state index in [0.717, 1.165) is 0 Å². The first-order valence-corrected chi connectivity index (χ1v) is 15.9. The number of aliphatic hydroxyl groups is 3. The van der Waals surface area contributed by atoms with Crippen LogP contribution >= 0.6 is 28.3 Å². The van der Waals surface area contributed by atoms with E-state index in [1.54, 1.807) is 0 Å². The first-order valence-electron chi connectivity index (χ1n) is 12.8. The summed E-state index contributed by atoms with van der Waals surface area (Å²) in [5.41, 5.74) is 5.53. The highest BCUT2D eigenvalue weighted by Gasteiger charge is 2.51. The van der Waals surface area contributed by atoms with E-state index in [9.17, 15) is 39.0 Å². The van der Waals surface area contributed by atoms with Crippen molar-refractivity contribution in [3.63, 3.8) is 0 Å². The summed E-state index contributed by atoms with van der Waals surface area (Å²) < 4.78 is 48.8. The molecule has 9 N–H and O–H groups in total. The lowest BCUT2D eigenvalue weighted by Crippen LogP contribution is -2.35. The van der Waals surface area contributed by atoms with Crippen molar-refractivity contribution in [2.75, 3.05) is 18.9 Å². The fourth-order valence-electron chi connectivity index (χ4n) is 5.27. The number of phosphoric acid groups is 1. The topological polar surface area (TPSA) is 308 Å². The summed E-state index contributed by atoms with van der Waals surface area (Å²) in [6.45, 7) is -1.44. The largest absolute Gasteiger partial charge is 0.695 e. The third-order valence-corrected chi connectivity index (χ3v) is 8.95. The quantitative estimate of drug-likeness (QED) is 0.0786. The van der Waals surface area contributed by atoms with E-state index in [0.29, 0.717) is 5.65 Å². The van der Waals surface area contributed by atoms with Crippen LogP contribution in [0.5, 0.6) is 0 Å². The SMILES string of the molecule is Nc1nc2c(ncn2C2CC(CO)=C(O)C2OP(=O)(O)OCC2OC(n3cnc4c(=S)nc[nH]c43)C(O)C2O[P+](=O)O)c(=O)[nH]1. The van der Waals surface area contributed by atoms with Gasteiger partial charge >= 0.3 is 16.1 Å². The van der Waals surface area contributed by atoms with Gasteiger partial charge in [0.15, 0.2) is 28.1 Å². The third-order valence-electron chi connectivity index (χ3n) is 7.26. The summed E-state index contributed by atoms with van der Waals surface area (Å²) >= 11 is 5.14. The van der Waals surface area contributed by atoms with Gasteiger partial charge in [0.25, 0.3) is 5.56 Å². The molecule has 5 heterocycles. The van der Waals surface area contributed by atoms with Crippen LogP contribution in [0.4, 0.5) is 5.95 Å². The normalized spacial score (nSPS) is 27.1. The number of nitrogen functional groups attached to an aromatic ring is 1. The van der Waals surface area contributed by atoms with Gasteiger partial charge < -0.3 is 40.2 Å². The molecule has 0 bridgehead atoms. The molecule has 8 unspecified atom stereocenters. The van der Waals surface area contributed by atoms with Crippen LogP contribution in [-0.4, -0.2) is 102 Å². The highest BCUT2D eigenvalue weighted by atomic mass is 32.1. The minimum atomic E-state index is -5.12. The van der Waals surface area contributed by atoms with Crippen LogP contribution in [-0.2, 0) is 27.4 Å². The van der Waals surface area contributed by atoms with Crippen molar-refractivity contribution in [2.45, 2.75) is 43.1 Å². The molecule has 0 saturated carbocycles. The number of aliphatic hydroxyl groups excluding tert-OH is 3. The Balaban J connectivity index is 1.23. The van der Waals surface area contributed by atoms with Crippen molar-refractivity contribution in [3.05, 3.63) is 45.3 Å². The Labute approximate surface area is 255 Å². The van der Waals surface area contributed by atoms with Gasteiger partial charge in [0.1, 0.15) is 35.2 Å². The number of H-pyrrole nitrogens is 2. The van der Waals surface area contributed by atoms with Gasteiger partial charge in [-0.05, 0) is 12.0 Å². The highest BCUT2D eigenvalue weighted by Crippen LogP contribution is 2.51. The van der Waals surface area contributed by atoms with Crippen molar-refractivity contribution in [2.24, 2.45) is 0 Å². The molecule has 4 aromatic heterocycles. The number of phosphoric ester groups is 1. The molecule has 1 aliphatic carbocycles. The second kappa shape index (κ2) is 12.0. The number of nitrogens with zero attached hydrogens (tertiary/aromatic N) is 6. The Hall–Kier alpha value is -3.53. The van der Waals surface area contributed by atoms with Gasteiger partial charge in [-0.25, -0.2) is 19.5 Å². The molecule has 0 spiro atoms. The molecule has 2 aliphatic rings. The van der Waals surface area contributed by atoms with E-state index in [1.807, 2.05) is 0 Å². The number of hydrogen-bond donors (Lipinski definition) is 8. The van der Waals surface area contributed by atoms with Crippen LogP contribution in [0.15, 0.2) is 35.1 Å². The monoisotopic (exact) mass is 688 g/mol. The number of nitrogens with one attached hydrogen (secondary N) is 2. The number of aromatic amines is 2. The smallest absolute Gasteiger partial charge is 0.509 e. The summed E-state index contributed by atoms with van der Waals surface area (Å²) in [4.78, 5) is 53.5. The van der Waals surface area contributed by atoms with Gasteiger partial charge in [-0.3, -0.25) is 23.4 Å². The summed E-state index contributed by atoms with van der Waals surface area (Å²) in [6.07, 6.45) is -3.77. The van der Waals surface area contributed by atoms with E-state index in [2.05, 4.69) is 29.9 Å². The zero-order valence-electron chi connectivity index (χ0n) is 22.5. The van der Waals surface area contributed by atoms with Gasteiger partial charge in [-0.15, -0.1) is 9.42 Å². The van der Waals surface area contributed by atoms with Gasteiger partial charge in [0.05, 0.1) is 38.2 Å². The Morgan fingerprint density at radius 2 is 1.98 bits per heavy atom. The summed E-state index contributed by atoms with van der Waals surface area (Å²) in [7, 11) is -8.38. The average Bonchev–Trinajstić information content (AvgIpc) is 3.73. The summed E-state index contributed by atoms with van der Waals surface area (Å²) in [5, 5.41) is 31.5. The Bertz CT molecular complexity index is 1990. The lowest BCUT2D eigenvalue weighted by molar-refractivity contribution is -0.0522. The van der Waals surface area contributed by atoms with Crippen molar-refractivity contribution in [3.8, 4) is 0 Å². The lowest BCUT2D eigenvalue weighted by Gasteiger charge is -2.25. The number of fused-ring (bicyclic) bond motifs is 2. The van der Waals surface area contributed by atoms with Crippen molar-refractivity contribution in [1.82, 2.24) is 39.0 Å². The molecule has 1 saturated heterocycles. The van der Waals surface area contributed by atoms with E-state index in [1.165, 1.54) is 28.1 Å². The maximum Gasteiger partial charge on any atom is 0.695 e.